The first kappa shape index (κ1) is 8.64. The van der Waals surface area contributed by atoms with E-state index in [1.165, 1.54) is 7.11 Å². The molecule has 0 aromatic rings. The Morgan fingerprint density at radius 2 is 2.36 bits per heavy atom. The quantitative estimate of drug-likeness (QED) is 0.557. The molecule has 4 heteroatoms. The minimum Gasteiger partial charge on any atom is -0.356 e. The van der Waals surface area contributed by atoms with Crippen LogP contribution in [0.1, 0.15) is 12.8 Å². The van der Waals surface area contributed by atoms with Crippen molar-refractivity contribution in [1.82, 2.24) is 0 Å². The number of carbonyl (C=O) groups excluding carboxylic acids is 1. The molecule has 1 aliphatic rings. The number of rotatable bonds is 3. The zero-order chi connectivity index (χ0) is 8.32. The molecule has 2 unspecified atom stereocenters. The number of aldehydes is 1. The lowest BCUT2D eigenvalue weighted by Gasteiger charge is -2.20. The molecule has 4 nitrogen and oxygen atoms in total. The molecule has 64 valence electrons. The molecule has 2 atom stereocenters. The van der Waals surface area contributed by atoms with E-state index in [-0.39, 0.29) is 6.29 Å². The zero-order valence-corrected chi connectivity index (χ0v) is 6.70. The van der Waals surface area contributed by atoms with Gasteiger partial charge in [-0.05, 0) is 0 Å². The first-order valence-corrected chi connectivity index (χ1v) is 3.48. The van der Waals surface area contributed by atoms with Crippen molar-refractivity contribution in [3.63, 3.8) is 0 Å². The molecule has 1 saturated heterocycles. The van der Waals surface area contributed by atoms with E-state index in [9.17, 15) is 4.79 Å². The van der Waals surface area contributed by atoms with Crippen molar-refractivity contribution in [2.24, 2.45) is 0 Å². The summed E-state index contributed by atoms with van der Waals surface area (Å²) < 4.78 is 15.0. The van der Waals surface area contributed by atoms with Crippen LogP contribution in [0, 0.1) is 0 Å². The van der Waals surface area contributed by atoms with Crippen molar-refractivity contribution in [3.05, 3.63) is 0 Å². The fourth-order valence-corrected chi connectivity index (χ4v) is 1.11. The first-order valence-electron chi connectivity index (χ1n) is 3.48. The standard InChI is InChI=1S/C7H12O4/c1-9-6-3-4-7(5-8,10-2)11-6/h5-6H,3-4H2,1-2H3. The van der Waals surface area contributed by atoms with E-state index in [0.717, 1.165) is 0 Å². The van der Waals surface area contributed by atoms with E-state index in [2.05, 4.69) is 0 Å². The molecule has 0 bridgehead atoms. The smallest absolute Gasteiger partial charge is 0.227 e. The van der Waals surface area contributed by atoms with Crippen molar-refractivity contribution in [1.29, 1.82) is 0 Å². The molecular weight excluding hydrogens is 148 g/mol. The Hall–Kier alpha value is -0.450. The fourth-order valence-electron chi connectivity index (χ4n) is 1.11. The Morgan fingerprint density at radius 3 is 2.64 bits per heavy atom. The molecular formula is C7H12O4. The van der Waals surface area contributed by atoms with E-state index in [1.54, 1.807) is 7.11 Å². The van der Waals surface area contributed by atoms with Crippen LogP contribution < -0.4 is 0 Å². The number of hydrogen-bond acceptors (Lipinski definition) is 4. The molecule has 0 aromatic heterocycles. The number of carbonyl (C=O) groups is 1. The third-order valence-electron chi connectivity index (χ3n) is 1.85. The van der Waals surface area contributed by atoms with Crippen LogP contribution in [0.3, 0.4) is 0 Å². The minimum absolute atomic E-state index is 0.305. The van der Waals surface area contributed by atoms with E-state index < -0.39 is 5.79 Å². The molecule has 1 aliphatic heterocycles. The van der Waals surface area contributed by atoms with Gasteiger partial charge in [-0.15, -0.1) is 0 Å². The Kier molecular flexibility index (Phi) is 2.59. The SMILES string of the molecule is COC1CCC(C=O)(OC)O1. The van der Waals surface area contributed by atoms with Gasteiger partial charge in [0.15, 0.2) is 12.6 Å². The first-order chi connectivity index (χ1) is 5.26. The Labute approximate surface area is 65.4 Å². The van der Waals surface area contributed by atoms with Gasteiger partial charge >= 0.3 is 0 Å². The molecule has 0 aliphatic carbocycles. The van der Waals surface area contributed by atoms with E-state index in [0.29, 0.717) is 19.1 Å². The number of hydrogen-bond donors (Lipinski definition) is 0. The third kappa shape index (κ3) is 1.58. The lowest BCUT2D eigenvalue weighted by atomic mass is 10.2. The highest BCUT2D eigenvalue weighted by Gasteiger charge is 2.40. The average Bonchev–Trinajstić information content (AvgIpc) is 2.49. The summed E-state index contributed by atoms with van der Waals surface area (Å²) in [6.45, 7) is 0. The molecule has 1 rings (SSSR count). The van der Waals surface area contributed by atoms with Gasteiger partial charge in [-0.2, -0.15) is 0 Å². The maximum absolute atomic E-state index is 10.5. The van der Waals surface area contributed by atoms with Gasteiger partial charge in [-0.3, -0.25) is 4.79 Å². The number of ether oxygens (including phenoxy) is 3. The lowest BCUT2D eigenvalue weighted by molar-refractivity contribution is -0.237. The summed E-state index contributed by atoms with van der Waals surface area (Å²) in [7, 11) is 2.99. The normalized spacial score (nSPS) is 37.5. The van der Waals surface area contributed by atoms with Gasteiger partial charge in [-0.1, -0.05) is 0 Å². The summed E-state index contributed by atoms with van der Waals surface area (Å²) in [5.41, 5.74) is 0. The molecule has 0 spiro atoms. The van der Waals surface area contributed by atoms with Crippen molar-refractivity contribution >= 4 is 6.29 Å². The predicted molar refractivity (Wildman–Crippen MR) is 36.9 cm³/mol. The summed E-state index contributed by atoms with van der Waals surface area (Å²) in [6, 6.07) is 0. The highest BCUT2D eigenvalue weighted by atomic mass is 16.8. The summed E-state index contributed by atoms with van der Waals surface area (Å²) in [6.07, 6.45) is 1.63. The molecule has 1 fully saturated rings. The Balaban J connectivity index is 2.54. The van der Waals surface area contributed by atoms with Crippen LogP contribution in [0.5, 0.6) is 0 Å². The van der Waals surface area contributed by atoms with Crippen molar-refractivity contribution in [2.45, 2.75) is 24.9 Å². The molecule has 1 heterocycles. The van der Waals surface area contributed by atoms with Crippen molar-refractivity contribution in [2.75, 3.05) is 14.2 Å². The van der Waals surface area contributed by atoms with Crippen LogP contribution in [0.4, 0.5) is 0 Å². The second-order valence-corrected chi connectivity index (χ2v) is 2.46. The van der Waals surface area contributed by atoms with Crippen LogP contribution in [-0.2, 0) is 19.0 Å². The molecule has 11 heavy (non-hydrogen) atoms. The molecule has 0 radical (unpaired) electrons. The Morgan fingerprint density at radius 1 is 1.64 bits per heavy atom. The van der Waals surface area contributed by atoms with Gasteiger partial charge in [0.1, 0.15) is 0 Å². The van der Waals surface area contributed by atoms with Crippen LogP contribution in [-0.4, -0.2) is 32.6 Å². The highest BCUT2D eigenvalue weighted by Crippen LogP contribution is 2.29. The summed E-state index contributed by atoms with van der Waals surface area (Å²) >= 11 is 0. The average molecular weight is 160 g/mol. The topological polar surface area (TPSA) is 44.8 Å². The van der Waals surface area contributed by atoms with Gasteiger partial charge in [0.05, 0.1) is 0 Å². The van der Waals surface area contributed by atoms with Crippen LogP contribution >= 0.6 is 0 Å². The zero-order valence-electron chi connectivity index (χ0n) is 6.70. The number of methoxy groups -OCH3 is 2. The van der Waals surface area contributed by atoms with Crippen LogP contribution in [0.25, 0.3) is 0 Å². The molecule has 0 aromatic carbocycles. The summed E-state index contributed by atoms with van der Waals surface area (Å²) in [5, 5.41) is 0. The van der Waals surface area contributed by atoms with Gasteiger partial charge in [0.25, 0.3) is 0 Å². The maximum Gasteiger partial charge on any atom is 0.227 e. The van der Waals surface area contributed by atoms with Gasteiger partial charge in [0.2, 0.25) is 5.79 Å². The fraction of sp³-hybridized carbons (Fsp3) is 0.857. The minimum atomic E-state index is -1.05. The molecule has 0 amide bonds. The van der Waals surface area contributed by atoms with Crippen molar-refractivity contribution < 1.29 is 19.0 Å². The van der Waals surface area contributed by atoms with Gasteiger partial charge in [-0.25, -0.2) is 0 Å². The third-order valence-corrected chi connectivity index (χ3v) is 1.85. The van der Waals surface area contributed by atoms with Gasteiger partial charge < -0.3 is 14.2 Å². The lowest BCUT2D eigenvalue weighted by Crippen LogP contribution is -2.33. The summed E-state index contributed by atoms with van der Waals surface area (Å²) in [4.78, 5) is 10.5. The Bertz CT molecular complexity index is 147. The predicted octanol–water partition coefficient (Wildman–Crippen LogP) is 0.311. The van der Waals surface area contributed by atoms with Crippen LogP contribution in [0.2, 0.25) is 0 Å². The maximum atomic E-state index is 10.5. The second-order valence-electron chi connectivity index (χ2n) is 2.46. The van der Waals surface area contributed by atoms with E-state index >= 15 is 0 Å². The monoisotopic (exact) mass is 160 g/mol. The summed E-state index contributed by atoms with van der Waals surface area (Å²) in [5.74, 6) is -1.05. The van der Waals surface area contributed by atoms with Gasteiger partial charge in [0, 0.05) is 27.1 Å². The molecule has 0 saturated carbocycles. The van der Waals surface area contributed by atoms with Crippen molar-refractivity contribution in [3.8, 4) is 0 Å². The highest BCUT2D eigenvalue weighted by molar-refractivity contribution is 5.60. The largest absolute Gasteiger partial charge is 0.356 e. The van der Waals surface area contributed by atoms with E-state index in [1.807, 2.05) is 0 Å². The van der Waals surface area contributed by atoms with E-state index in [4.69, 9.17) is 14.2 Å². The molecule has 0 N–H and O–H groups in total. The second kappa shape index (κ2) is 3.30. The van der Waals surface area contributed by atoms with Crippen LogP contribution in [0.15, 0.2) is 0 Å².